The van der Waals surface area contributed by atoms with Gasteiger partial charge in [0.2, 0.25) is 0 Å². The molecule has 1 atom stereocenters. The molecular weight excluding hydrogens is 192 g/mol. The topological polar surface area (TPSA) is 38.9 Å². The maximum Gasteiger partial charge on any atom is 0.0402 e. The van der Waals surface area contributed by atoms with Crippen LogP contribution in [0.1, 0.15) is 30.5 Å². The van der Waals surface area contributed by atoms with E-state index in [1.165, 1.54) is 17.7 Å². The molecule has 0 saturated carbocycles. The fraction of sp³-hybridized carbons (Fsp3) is 0.545. The molecule has 14 heavy (non-hydrogen) atoms. The van der Waals surface area contributed by atoms with Crippen molar-refractivity contribution in [1.29, 1.82) is 0 Å². The molecule has 0 aliphatic rings. The van der Waals surface area contributed by atoms with Crippen LogP contribution in [0, 0.1) is 6.92 Å². The predicted octanol–water partition coefficient (Wildman–Crippen LogP) is 2.53. The molecule has 0 spiro atoms. The standard InChI is InChI=1S/C11H18N2S/c1-3-4-14-8-11(12)10-5-9(2)6-13-7-10/h5-7,11H,3-4,8,12H2,1-2H3. The Morgan fingerprint density at radius 1 is 1.50 bits per heavy atom. The van der Waals surface area contributed by atoms with Crippen LogP contribution >= 0.6 is 11.8 Å². The van der Waals surface area contributed by atoms with Gasteiger partial charge in [0.25, 0.3) is 0 Å². The van der Waals surface area contributed by atoms with Gasteiger partial charge in [0, 0.05) is 24.2 Å². The quantitative estimate of drug-likeness (QED) is 0.759. The predicted molar refractivity (Wildman–Crippen MR) is 63.5 cm³/mol. The summed E-state index contributed by atoms with van der Waals surface area (Å²) in [6.45, 7) is 4.23. The molecule has 0 aromatic carbocycles. The van der Waals surface area contributed by atoms with Gasteiger partial charge in [0.05, 0.1) is 0 Å². The highest BCUT2D eigenvalue weighted by atomic mass is 32.2. The summed E-state index contributed by atoms with van der Waals surface area (Å²) in [6, 6.07) is 2.24. The number of hydrogen-bond donors (Lipinski definition) is 1. The Bertz CT molecular complexity index is 276. The summed E-state index contributed by atoms with van der Waals surface area (Å²) in [7, 11) is 0. The Morgan fingerprint density at radius 3 is 2.93 bits per heavy atom. The summed E-state index contributed by atoms with van der Waals surface area (Å²) < 4.78 is 0. The minimum Gasteiger partial charge on any atom is -0.323 e. The molecule has 0 aliphatic heterocycles. The van der Waals surface area contributed by atoms with Gasteiger partial charge >= 0.3 is 0 Å². The molecule has 1 unspecified atom stereocenters. The SMILES string of the molecule is CCCSCC(N)c1cncc(C)c1. The van der Waals surface area contributed by atoms with Crippen molar-refractivity contribution in [3.05, 3.63) is 29.6 Å². The third-order valence-electron chi connectivity index (χ3n) is 1.97. The van der Waals surface area contributed by atoms with E-state index in [2.05, 4.69) is 18.0 Å². The summed E-state index contributed by atoms with van der Waals surface area (Å²) in [5.74, 6) is 2.17. The van der Waals surface area contributed by atoms with Crippen molar-refractivity contribution in [3.63, 3.8) is 0 Å². The maximum absolute atomic E-state index is 6.04. The van der Waals surface area contributed by atoms with Crippen molar-refractivity contribution in [2.24, 2.45) is 5.73 Å². The normalized spacial score (nSPS) is 12.8. The van der Waals surface area contributed by atoms with E-state index in [0.29, 0.717) is 0 Å². The zero-order chi connectivity index (χ0) is 10.4. The second-order valence-corrected chi connectivity index (χ2v) is 4.63. The van der Waals surface area contributed by atoms with E-state index in [1.54, 1.807) is 0 Å². The average molecular weight is 210 g/mol. The molecule has 1 rings (SSSR count). The average Bonchev–Trinajstić information content (AvgIpc) is 2.18. The first-order chi connectivity index (χ1) is 6.74. The number of aryl methyl sites for hydroxylation is 1. The van der Waals surface area contributed by atoms with E-state index in [-0.39, 0.29) is 6.04 Å². The molecule has 0 fully saturated rings. The highest BCUT2D eigenvalue weighted by molar-refractivity contribution is 7.99. The van der Waals surface area contributed by atoms with Crippen LogP contribution in [-0.2, 0) is 0 Å². The molecule has 1 aromatic rings. The third kappa shape index (κ3) is 3.68. The van der Waals surface area contributed by atoms with E-state index < -0.39 is 0 Å². The summed E-state index contributed by atoms with van der Waals surface area (Å²) in [5, 5.41) is 0. The summed E-state index contributed by atoms with van der Waals surface area (Å²) in [5.41, 5.74) is 8.37. The Labute approximate surface area is 90.3 Å². The molecule has 0 radical (unpaired) electrons. The minimum absolute atomic E-state index is 0.124. The van der Waals surface area contributed by atoms with E-state index in [0.717, 1.165) is 11.3 Å². The van der Waals surface area contributed by atoms with E-state index >= 15 is 0 Å². The molecule has 0 bridgehead atoms. The fourth-order valence-corrected chi connectivity index (χ4v) is 2.13. The zero-order valence-corrected chi connectivity index (χ0v) is 9.68. The minimum atomic E-state index is 0.124. The lowest BCUT2D eigenvalue weighted by Gasteiger charge is -2.11. The number of thioether (sulfide) groups is 1. The first-order valence-electron chi connectivity index (χ1n) is 4.99. The molecule has 1 heterocycles. The van der Waals surface area contributed by atoms with Gasteiger partial charge in [-0.05, 0) is 30.2 Å². The highest BCUT2D eigenvalue weighted by Crippen LogP contribution is 2.16. The van der Waals surface area contributed by atoms with Crippen molar-refractivity contribution >= 4 is 11.8 Å². The van der Waals surface area contributed by atoms with Crippen molar-refractivity contribution in [3.8, 4) is 0 Å². The fourth-order valence-electron chi connectivity index (χ4n) is 1.23. The van der Waals surface area contributed by atoms with E-state index in [4.69, 9.17) is 5.73 Å². The molecule has 0 saturated heterocycles. The van der Waals surface area contributed by atoms with Gasteiger partial charge in [0.15, 0.2) is 0 Å². The lowest BCUT2D eigenvalue weighted by Crippen LogP contribution is -2.13. The number of pyridine rings is 1. The maximum atomic E-state index is 6.04. The lowest BCUT2D eigenvalue weighted by atomic mass is 10.1. The molecule has 2 nitrogen and oxygen atoms in total. The van der Waals surface area contributed by atoms with Gasteiger partial charge in [-0.25, -0.2) is 0 Å². The van der Waals surface area contributed by atoms with Crippen molar-refractivity contribution in [1.82, 2.24) is 4.98 Å². The van der Waals surface area contributed by atoms with Crippen LogP contribution in [0.2, 0.25) is 0 Å². The lowest BCUT2D eigenvalue weighted by molar-refractivity contribution is 0.821. The summed E-state index contributed by atoms with van der Waals surface area (Å²) in [4.78, 5) is 4.14. The van der Waals surface area contributed by atoms with Crippen LogP contribution < -0.4 is 5.73 Å². The van der Waals surface area contributed by atoms with Crippen LogP contribution in [0.25, 0.3) is 0 Å². The van der Waals surface area contributed by atoms with Crippen LogP contribution in [0.15, 0.2) is 18.5 Å². The largest absolute Gasteiger partial charge is 0.323 e. The van der Waals surface area contributed by atoms with Gasteiger partial charge in [-0.15, -0.1) is 0 Å². The Morgan fingerprint density at radius 2 is 2.29 bits per heavy atom. The van der Waals surface area contributed by atoms with Crippen LogP contribution in [-0.4, -0.2) is 16.5 Å². The molecule has 0 amide bonds. The van der Waals surface area contributed by atoms with E-state index in [9.17, 15) is 0 Å². The molecule has 78 valence electrons. The smallest absolute Gasteiger partial charge is 0.0402 e. The van der Waals surface area contributed by atoms with Crippen LogP contribution in [0.5, 0.6) is 0 Å². The monoisotopic (exact) mass is 210 g/mol. The Balaban J connectivity index is 2.47. The van der Waals surface area contributed by atoms with Crippen molar-refractivity contribution in [2.75, 3.05) is 11.5 Å². The number of nitrogens with two attached hydrogens (primary N) is 1. The van der Waals surface area contributed by atoms with Crippen molar-refractivity contribution < 1.29 is 0 Å². The van der Waals surface area contributed by atoms with Crippen LogP contribution in [0.4, 0.5) is 0 Å². The van der Waals surface area contributed by atoms with Gasteiger partial charge in [0.1, 0.15) is 0 Å². The van der Waals surface area contributed by atoms with Crippen molar-refractivity contribution in [2.45, 2.75) is 26.3 Å². The van der Waals surface area contributed by atoms with Crippen LogP contribution in [0.3, 0.4) is 0 Å². The second kappa shape index (κ2) is 6.04. The second-order valence-electron chi connectivity index (χ2n) is 3.48. The zero-order valence-electron chi connectivity index (χ0n) is 8.86. The number of rotatable bonds is 5. The molecule has 2 N–H and O–H groups in total. The first kappa shape index (κ1) is 11.5. The Hall–Kier alpha value is -0.540. The molecule has 3 heteroatoms. The van der Waals surface area contributed by atoms with Gasteiger partial charge in [-0.3, -0.25) is 4.98 Å². The number of nitrogens with zero attached hydrogens (tertiary/aromatic N) is 1. The highest BCUT2D eigenvalue weighted by Gasteiger charge is 2.05. The molecule has 1 aromatic heterocycles. The van der Waals surface area contributed by atoms with E-state index in [1.807, 2.05) is 31.1 Å². The van der Waals surface area contributed by atoms with Gasteiger partial charge in [-0.2, -0.15) is 11.8 Å². The van der Waals surface area contributed by atoms with Gasteiger partial charge in [-0.1, -0.05) is 13.0 Å². The number of aromatic nitrogens is 1. The third-order valence-corrected chi connectivity index (χ3v) is 3.26. The summed E-state index contributed by atoms with van der Waals surface area (Å²) in [6.07, 6.45) is 4.93. The summed E-state index contributed by atoms with van der Waals surface area (Å²) >= 11 is 1.91. The first-order valence-corrected chi connectivity index (χ1v) is 6.14. The molecular formula is C11H18N2S. The molecule has 0 aliphatic carbocycles. The van der Waals surface area contributed by atoms with Gasteiger partial charge < -0.3 is 5.73 Å². The number of hydrogen-bond acceptors (Lipinski definition) is 3. The Kier molecular flexibility index (Phi) is 4.98.